The molecule has 7 nitrogen and oxygen atoms in total. The van der Waals surface area contributed by atoms with E-state index in [9.17, 15) is 14.4 Å². The van der Waals surface area contributed by atoms with Gasteiger partial charge < -0.3 is 14.7 Å². The number of nitrogens with zero attached hydrogens (tertiary/aromatic N) is 4. The quantitative estimate of drug-likeness (QED) is 0.533. The molecule has 2 amide bonds. The number of carbonyl (C=O) groups excluding carboxylic acids is 3. The number of hydrogen-bond donors (Lipinski definition) is 0. The van der Waals surface area contributed by atoms with E-state index in [2.05, 4.69) is 32.6 Å². The van der Waals surface area contributed by atoms with E-state index in [1.165, 1.54) is 0 Å². The van der Waals surface area contributed by atoms with Gasteiger partial charge in [0.05, 0.1) is 5.01 Å². The normalized spacial score (nSPS) is 21.7. The lowest BCUT2D eigenvalue weighted by molar-refractivity contribution is -0.134. The number of hydrogen-bond acceptors (Lipinski definition) is 6. The molecule has 2 aromatic rings. The molecule has 3 aliphatic rings. The SMILES string of the molecule is CC(=O)c1ccc(N2CCN(C(=O)c3csc(C4CCN(C(=O)C5C(C)(C)C5(C)C)CC4)n3)CC2)cc1. The Morgan fingerprint density at radius 2 is 1.46 bits per heavy atom. The van der Waals surface area contributed by atoms with Gasteiger partial charge in [-0.3, -0.25) is 14.4 Å². The number of thiazole rings is 1. The van der Waals surface area contributed by atoms with Crippen molar-refractivity contribution in [3.05, 3.63) is 45.9 Å². The first-order valence-corrected chi connectivity index (χ1v) is 14.3. The second-order valence-electron chi connectivity index (χ2n) is 11.9. The zero-order valence-corrected chi connectivity index (χ0v) is 23.4. The van der Waals surface area contributed by atoms with Gasteiger partial charge in [0.2, 0.25) is 5.91 Å². The van der Waals surface area contributed by atoms with Crippen LogP contribution in [0.25, 0.3) is 0 Å². The van der Waals surface area contributed by atoms with E-state index >= 15 is 0 Å². The van der Waals surface area contributed by atoms with Gasteiger partial charge in [-0.05, 0) is 54.9 Å². The smallest absolute Gasteiger partial charge is 0.273 e. The van der Waals surface area contributed by atoms with Crippen LogP contribution in [0, 0.1) is 16.7 Å². The van der Waals surface area contributed by atoms with Crippen molar-refractivity contribution in [2.24, 2.45) is 16.7 Å². The van der Waals surface area contributed by atoms with Crippen molar-refractivity contribution in [2.45, 2.75) is 53.4 Å². The second-order valence-corrected chi connectivity index (χ2v) is 12.8. The minimum Gasteiger partial charge on any atom is -0.368 e. The maximum atomic E-state index is 13.2. The molecule has 1 aromatic carbocycles. The van der Waals surface area contributed by atoms with Crippen LogP contribution >= 0.6 is 11.3 Å². The molecule has 3 heterocycles. The predicted molar refractivity (Wildman–Crippen MR) is 146 cm³/mol. The van der Waals surface area contributed by atoms with E-state index in [0.29, 0.717) is 36.2 Å². The molecule has 8 heteroatoms. The average molecular weight is 523 g/mol. The highest BCUT2D eigenvalue weighted by Crippen LogP contribution is 2.68. The number of ketones is 1. The number of carbonyl (C=O) groups is 3. The first-order valence-electron chi connectivity index (χ1n) is 13.4. The zero-order chi connectivity index (χ0) is 26.5. The van der Waals surface area contributed by atoms with Crippen molar-refractivity contribution in [2.75, 3.05) is 44.2 Å². The minimum atomic E-state index is -0.000104. The van der Waals surface area contributed by atoms with Crippen molar-refractivity contribution >= 4 is 34.6 Å². The van der Waals surface area contributed by atoms with Crippen molar-refractivity contribution in [3.8, 4) is 0 Å². The van der Waals surface area contributed by atoms with Crippen LogP contribution in [0.4, 0.5) is 5.69 Å². The van der Waals surface area contributed by atoms with Crippen LogP contribution in [0.1, 0.15) is 79.2 Å². The van der Waals surface area contributed by atoms with Crippen molar-refractivity contribution < 1.29 is 14.4 Å². The number of anilines is 1. The Morgan fingerprint density at radius 1 is 0.865 bits per heavy atom. The van der Waals surface area contributed by atoms with Gasteiger partial charge in [0.15, 0.2) is 5.78 Å². The Hall–Kier alpha value is -2.74. The van der Waals surface area contributed by atoms with E-state index in [1.807, 2.05) is 39.4 Å². The Bertz CT molecular complexity index is 1170. The van der Waals surface area contributed by atoms with Gasteiger partial charge in [-0.2, -0.15) is 0 Å². The summed E-state index contributed by atoms with van der Waals surface area (Å²) < 4.78 is 0. The van der Waals surface area contributed by atoms with Crippen molar-refractivity contribution in [3.63, 3.8) is 0 Å². The molecule has 198 valence electrons. The molecule has 0 N–H and O–H groups in total. The van der Waals surface area contributed by atoms with Gasteiger partial charge in [0.25, 0.3) is 5.91 Å². The molecule has 0 radical (unpaired) electrons. The molecule has 3 fully saturated rings. The summed E-state index contributed by atoms with van der Waals surface area (Å²) in [6.45, 7) is 14.7. The molecule has 1 aromatic heterocycles. The first-order chi connectivity index (χ1) is 17.5. The molecular formula is C29H38N4O3S. The van der Waals surface area contributed by atoms with Crippen LogP contribution in [0.3, 0.4) is 0 Å². The highest BCUT2D eigenvalue weighted by molar-refractivity contribution is 7.09. The van der Waals surface area contributed by atoms with Crippen LogP contribution in [-0.2, 0) is 4.79 Å². The van der Waals surface area contributed by atoms with E-state index in [-0.39, 0.29) is 28.4 Å². The lowest BCUT2D eigenvalue weighted by atomic mass is 9.96. The number of aromatic nitrogens is 1. The molecular weight excluding hydrogens is 484 g/mol. The second kappa shape index (κ2) is 9.53. The number of likely N-dealkylation sites (tertiary alicyclic amines) is 1. The van der Waals surface area contributed by atoms with E-state index < -0.39 is 0 Å². The largest absolute Gasteiger partial charge is 0.368 e. The molecule has 0 spiro atoms. The third kappa shape index (κ3) is 4.69. The summed E-state index contributed by atoms with van der Waals surface area (Å²) in [5, 5.41) is 2.92. The summed E-state index contributed by atoms with van der Waals surface area (Å²) in [5.74, 6) is 0.791. The van der Waals surface area contributed by atoms with E-state index in [1.54, 1.807) is 18.3 Å². The first kappa shape index (κ1) is 25.9. The third-order valence-corrected chi connectivity index (χ3v) is 10.4. The van der Waals surface area contributed by atoms with Crippen LogP contribution in [0.15, 0.2) is 29.6 Å². The van der Waals surface area contributed by atoms with Crippen LogP contribution in [-0.4, -0.2) is 71.6 Å². The molecule has 0 bridgehead atoms. The molecule has 2 aliphatic heterocycles. The fourth-order valence-corrected chi connectivity index (χ4v) is 7.12. The lowest BCUT2D eigenvalue weighted by Gasteiger charge is -2.36. The Balaban J connectivity index is 1.13. The standard InChI is InChI=1S/C29H38N4O3S/c1-19(34)20-6-8-22(9-7-20)31-14-16-33(17-15-31)26(35)23-18-37-25(30-23)21-10-12-32(13-11-21)27(36)24-28(2,3)29(24,4)5/h6-9,18,21,24H,10-17H2,1-5H3. The molecule has 0 atom stereocenters. The van der Waals surface area contributed by atoms with Gasteiger partial charge in [-0.25, -0.2) is 4.98 Å². The average Bonchev–Trinajstić information content (AvgIpc) is 3.21. The Kier molecular flexibility index (Phi) is 6.67. The molecule has 37 heavy (non-hydrogen) atoms. The number of Topliss-reactive ketones (excluding diaryl/α,β-unsaturated/α-hetero) is 1. The summed E-state index contributed by atoms with van der Waals surface area (Å²) in [6, 6.07) is 7.68. The number of piperidine rings is 1. The van der Waals surface area contributed by atoms with Gasteiger partial charge in [-0.15, -0.1) is 11.3 Å². The van der Waals surface area contributed by atoms with Crippen molar-refractivity contribution in [1.82, 2.24) is 14.8 Å². The predicted octanol–water partition coefficient (Wildman–Crippen LogP) is 4.70. The van der Waals surface area contributed by atoms with Gasteiger partial charge >= 0.3 is 0 Å². The van der Waals surface area contributed by atoms with Crippen molar-refractivity contribution in [1.29, 1.82) is 0 Å². The van der Waals surface area contributed by atoms with E-state index in [0.717, 1.165) is 49.7 Å². The molecule has 0 unspecified atom stereocenters. The van der Waals surface area contributed by atoms with Crippen LogP contribution < -0.4 is 4.90 Å². The Morgan fingerprint density at radius 3 is 2.00 bits per heavy atom. The number of amides is 2. The molecule has 2 saturated heterocycles. The maximum absolute atomic E-state index is 13.2. The van der Waals surface area contributed by atoms with Gasteiger partial charge in [0, 0.05) is 67.7 Å². The highest BCUT2D eigenvalue weighted by Gasteiger charge is 2.68. The zero-order valence-electron chi connectivity index (χ0n) is 22.6. The van der Waals surface area contributed by atoms with Gasteiger partial charge in [0.1, 0.15) is 5.69 Å². The fraction of sp³-hybridized carbons (Fsp3) is 0.586. The third-order valence-electron chi connectivity index (χ3n) is 9.37. The lowest BCUT2D eigenvalue weighted by Crippen LogP contribution is -2.48. The summed E-state index contributed by atoms with van der Waals surface area (Å²) in [4.78, 5) is 48.7. The fourth-order valence-electron chi connectivity index (χ4n) is 6.15. The molecule has 5 rings (SSSR count). The summed E-state index contributed by atoms with van der Waals surface area (Å²) in [7, 11) is 0. The highest BCUT2D eigenvalue weighted by atomic mass is 32.1. The number of rotatable bonds is 5. The van der Waals surface area contributed by atoms with Gasteiger partial charge in [-0.1, -0.05) is 27.7 Å². The molecule has 1 saturated carbocycles. The number of benzene rings is 1. The monoisotopic (exact) mass is 522 g/mol. The van der Waals surface area contributed by atoms with Crippen LogP contribution in [0.2, 0.25) is 0 Å². The van der Waals surface area contributed by atoms with E-state index in [4.69, 9.17) is 4.98 Å². The minimum absolute atomic E-state index is 0.000104. The molecule has 1 aliphatic carbocycles. The Labute approximate surface area is 223 Å². The summed E-state index contributed by atoms with van der Waals surface area (Å²) in [5.41, 5.74) is 2.46. The summed E-state index contributed by atoms with van der Waals surface area (Å²) >= 11 is 1.58. The maximum Gasteiger partial charge on any atom is 0.273 e. The summed E-state index contributed by atoms with van der Waals surface area (Å²) in [6.07, 6.45) is 1.81. The topological polar surface area (TPSA) is 73.8 Å². The number of piperazine rings is 1. The van der Waals surface area contributed by atoms with Crippen LogP contribution in [0.5, 0.6) is 0 Å².